The quantitative estimate of drug-likeness (QED) is 0.286. The molecule has 70 valence electrons. The van der Waals surface area contributed by atoms with Crippen LogP contribution in [0.25, 0.3) is 0 Å². The van der Waals surface area contributed by atoms with Gasteiger partial charge in [-0.05, 0) is 25.5 Å². The maximum absolute atomic E-state index is 10.9. The van der Waals surface area contributed by atoms with Gasteiger partial charge in [0, 0.05) is 6.08 Å². The zero-order valence-corrected chi connectivity index (χ0v) is 8.04. The van der Waals surface area contributed by atoms with E-state index in [9.17, 15) is 4.79 Å². The second-order valence-electron chi connectivity index (χ2n) is 2.36. The average Bonchev–Trinajstić information content (AvgIpc) is 2.14. The Hall–Kier alpha value is -1.57. The molecule has 0 unspecified atom stereocenters. The van der Waals surface area contributed by atoms with E-state index in [1.54, 1.807) is 25.2 Å². The molecule has 0 fully saturated rings. The predicted octanol–water partition coefficient (Wildman–Crippen LogP) is 2.75. The van der Waals surface area contributed by atoms with Crippen molar-refractivity contribution in [2.75, 3.05) is 0 Å². The van der Waals surface area contributed by atoms with Crippen LogP contribution in [0.3, 0.4) is 0 Å². The summed E-state index contributed by atoms with van der Waals surface area (Å²) in [6.07, 6.45) is 6.26. The highest BCUT2D eigenvalue weighted by Crippen LogP contribution is 2.11. The summed E-state index contributed by atoms with van der Waals surface area (Å²) in [6.45, 7) is 10.5. The molecule has 0 heterocycles. The fourth-order valence-corrected chi connectivity index (χ4v) is 0.776. The monoisotopic (exact) mass is 178 g/mol. The van der Waals surface area contributed by atoms with E-state index in [0.29, 0.717) is 5.76 Å². The number of allylic oxidation sites excluding steroid dienone is 4. The topological polar surface area (TPSA) is 26.3 Å². The van der Waals surface area contributed by atoms with Crippen LogP contribution in [0.4, 0.5) is 0 Å². The number of hydrogen-bond acceptors (Lipinski definition) is 2. The second kappa shape index (κ2) is 6.00. The molecule has 13 heavy (non-hydrogen) atoms. The van der Waals surface area contributed by atoms with Crippen molar-refractivity contribution in [1.29, 1.82) is 0 Å². The standard InChI is InChI=1S/C11H14O2/c1-5-8-9(4)10(6-2)13-11(12)7-3/h5-8H,1,3H2,2,4H3/b9-8-,10-6+. The molecule has 2 nitrogen and oxygen atoms in total. The maximum atomic E-state index is 10.9. The van der Waals surface area contributed by atoms with E-state index in [2.05, 4.69) is 13.2 Å². The van der Waals surface area contributed by atoms with Crippen LogP contribution in [-0.4, -0.2) is 5.97 Å². The number of carbonyl (C=O) groups excluding carboxylic acids is 1. The third-order valence-electron chi connectivity index (χ3n) is 1.40. The molecular formula is C11H14O2. The van der Waals surface area contributed by atoms with E-state index in [4.69, 9.17) is 4.74 Å². The molecule has 2 heteroatoms. The van der Waals surface area contributed by atoms with Crippen LogP contribution in [0.5, 0.6) is 0 Å². The van der Waals surface area contributed by atoms with Crippen LogP contribution in [-0.2, 0) is 9.53 Å². The number of esters is 1. The van der Waals surface area contributed by atoms with Gasteiger partial charge in [-0.25, -0.2) is 4.79 Å². The zero-order chi connectivity index (χ0) is 10.3. The van der Waals surface area contributed by atoms with Gasteiger partial charge >= 0.3 is 5.97 Å². The molecule has 0 saturated heterocycles. The van der Waals surface area contributed by atoms with E-state index in [-0.39, 0.29) is 0 Å². The molecule has 0 bridgehead atoms. The first-order chi connectivity index (χ1) is 6.15. The average molecular weight is 178 g/mol. The number of carbonyl (C=O) groups is 1. The highest BCUT2D eigenvalue weighted by atomic mass is 16.5. The summed E-state index contributed by atoms with van der Waals surface area (Å²) in [7, 11) is 0. The number of hydrogen-bond donors (Lipinski definition) is 0. The summed E-state index contributed by atoms with van der Waals surface area (Å²) in [5.41, 5.74) is 0.854. The van der Waals surface area contributed by atoms with Crippen molar-refractivity contribution in [3.8, 4) is 0 Å². The van der Waals surface area contributed by atoms with Crippen molar-refractivity contribution in [1.82, 2.24) is 0 Å². The Balaban J connectivity index is 4.54. The number of rotatable bonds is 4. The van der Waals surface area contributed by atoms with Gasteiger partial charge in [-0.1, -0.05) is 25.3 Å². The van der Waals surface area contributed by atoms with Crippen molar-refractivity contribution >= 4 is 5.97 Å². The summed E-state index contributed by atoms with van der Waals surface area (Å²) in [4.78, 5) is 10.9. The lowest BCUT2D eigenvalue weighted by molar-refractivity contribution is -0.133. The van der Waals surface area contributed by atoms with E-state index in [1.807, 2.05) is 6.92 Å². The van der Waals surface area contributed by atoms with Crippen molar-refractivity contribution in [2.45, 2.75) is 13.8 Å². The van der Waals surface area contributed by atoms with Crippen LogP contribution in [0.15, 0.2) is 48.8 Å². The summed E-state index contributed by atoms with van der Waals surface area (Å²) in [5, 5.41) is 0. The van der Waals surface area contributed by atoms with Gasteiger partial charge in [-0.15, -0.1) is 0 Å². The van der Waals surface area contributed by atoms with Gasteiger partial charge < -0.3 is 4.74 Å². The summed E-state index contributed by atoms with van der Waals surface area (Å²) < 4.78 is 4.95. The first-order valence-corrected chi connectivity index (χ1v) is 3.96. The van der Waals surface area contributed by atoms with E-state index < -0.39 is 5.97 Å². The lowest BCUT2D eigenvalue weighted by atomic mass is 10.2. The molecule has 0 aromatic heterocycles. The summed E-state index contributed by atoms with van der Waals surface area (Å²) in [6, 6.07) is 0. The fourth-order valence-electron chi connectivity index (χ4n) is 0.776. The van der Waals surface area contributed by atoms with Crippen LogP contribution in [0.1, 0.15) is 13.8 Å². The van der Waals surface area contributed by atoms with E-state index in [0.717, 1.165) is 11.6 Å². The summed E-state index contributed by atoms with van der Waals surface area (Å²) >= 11 is 0. The molecule has 0 aromatic rings. The molecule has 0 atom stereocenters. The first-order valence-electron chi connectivity index (χ1n) is 3.96. The molecular weight excluding hydrogens is 164 g/mol. The molecule has 0 radical (unpaired) electrons. The molecule has 0 saturated carbocycles. The number of ether oxygens (including phenoxy) is 1. The SMILES string of the molecule is C=C/C=C(C)\C(=C/C)OC(=O)C=C. The third kappa shape index (κ3) is 4.11. The van der Waals surface area contributed by atoms with Gasteiger partial charge in [0.05, 0.1) is 0 Å². The Kier molecular flexibility index (Phi) is 5.28. The van der Waals surface area contributed by atoms with Gasteiger partial charge in [-0.2, -0.15) is 0 Å². The van der Waals surface area contributed by atoms with Crippen molar-refractivity contribution in [3.63, 3.8) is 0 Å². The normalized spacial score (nSPS) is 12.2. The molecule has 0 aliphatic carbocycles. The van der Waals surface area contributed by atoms with Crippen molar-refractivity contribution < 1.29 is 9.53 Å². The Bertz CT molecular complexity index is 270. The Morgan fingerprint density at radius 1 is 1.38 bits per heavy atom. The van der Waals surface area contributed by atoms with Crippen LogP contribution in [0, 0.1) is 0 Å². The lowest BCUT2D eigenvalue weighted by Crippen LogP contribution is -2.00. The van der Waals surface area contributed by atoms with Crippen LogP contribution < -0.4 is 0 Å². The molecule has 0 rings (SSSR count). The summed E-state index contributed by atoms with van der Waals surface area (Å²) in [5.74, 6) is 0.0784. The molecule has 0 amide bonds. The predicted molar refractivity (Wildman–Crippen MR) is 54.0 cm³/mol. The molecule has 0 spiro atoms. The molecule has 0 aliphatic heterocycles. The minimum atomic E-state index is -0.454. The largest absolute Gasteiger partial charge is 0.423 e. The van der Waals surface area contributed by atoms with Gasteiger partial charge in [-0.3, -0.25) is 0 Å². The lowest BCUT2D eigenvalue weighted by Gasteiger charge is -2.05. The molecule has 0 aliphatic rings. The van der Waals surface area contributed by atoms with Crippen LogP contribution >= 0.6 is 0 Å². The molecule has 0 N–H and O–H groups in total. The van der Waals surface area contributed by atoms with Gasteiger partial charge in [0.25, 0.3) is 0 Å². The van der Waals surface area contributed by atoms with Gasteiger partial charge in [0.15, 0.2) is 0 Å². The highest BCUT2D eigenvalue weighted by Gasteiger charge is 2.03. The van der Waals surface area contributed by atoms with Gasteiger partial charge in [0.2, 0.25) is 0 Å². The van der Waals surface area contributed by atoms with Crippen LogP contribution in [0.2, 0.25) is 0 Å². The van der Waals surface area contributed by atoms with E-state index >= 15 is 0 Å². The van der Waals surface area contributed by atoms with Crippen molar-refractivity contribution in [3.05, 3.63) is 48.8 Å². The third-order valence-corrected chi connectivity index (χ3v) is 1.40. The minimum absolute atomic E-state index is 0.454. The molecule has 0 aromatic carbocycles. The van der Waals surface area contributed by atoms with E-state index in [1.165, 1.54) is 0 Å². The minimum Gasteiger partial charge on any atom is -0.423 e. The Labute approximate surface area is 78.9 Å². The van der Waals surface area contributed by atoms with Gasteiger partial charge in [0.1, 0.15) is 5.76 Å². The Morgan fingerprint density at radius 3 is 2.38 bits per heavy atom. The highest BCUT2D eigenvalue weighted by molar-refractivity contribution is 5.82. The first kappa shape index (κ1) is 11.4. The zero-order valence-electron chi connectivity index (χ0n) is 8.04. The maximum Gasteiger partial charge on any atom is 0.335 e. The second-order valence-corrected chi connectivity index (χ2v) is 2.36. The van der Waals surface area contributed by atoms with Crippen molar-refractivity contribution in [2.24, 2.45) is 0 Å². The fraction of sp³-hybridized carbons (Fsp3) is 0.182. The Morgan fingerprint density at radius 2 is 2.00 bits per heavy atom. The smallest absolute Gasteiger partial charge is 0.335 e.